The van der Waals surface area contributed by atoms with Gasteiger partial charge in [0.1, 0.15) is 5.69 Å². The van der Waals surface area contributed by atoms with Gasteiger partial charge in [-0.1, -0.05) is 6.07 Å². The molecular weight excluding hydrogens is 332 g/mol. The van der Waals surface area contributed by atoms with E-state index >= 15 is 0 Å². The fourth-order valence-corrected chi connectivity index (χ4v) is 3.62. The van der Waals surface area contributed by atoms with Crippen molar-refractivity contribution in [2.45, 2.75) is 32.2 Å². The average molecular weight is 354 g/mol. The molecule has 0 radical (unpaired) electrons. The smallest absolute Gasteiger partial charge is 0.270 e. The maximum atomic E-state index is 12.9. The molecule has 1 fully saturated rings. The molecule has 1 N–H and O–H groups in total. The summed E-state index contributed by atoms with van der Waals surface area (Å²) in [7, 11) is 0. The zero-order chi connectivity index (χ0) is 18.1. The van der Waals surface area contributed by atoms with Crippen LogP contribution in [0.4, 0.5) is 0 Å². The lowest BCUT2D eigenvalue weighted by Gasteiger charge is -2.25. The molecular formula is C20H22N2O4. The second-order valence-corrected chi connectivity index (χ2v) is 6.77. The Labute approximate surface area is 152 Å². The molecule has 1 aromatic carbocycles. The third-order valence-corrected chi connectivity index (χ3v) is 4.99. The minimum Gasteiger partial charge on any atom is -0.490 e. The molecule has 1 atom stereocenters. The molecule has 4 rings (SSSR count). The molecule has 6 heteroatoms. The summed E-state index contributed by atoms with van der Waals surface area (Å²) in [6, 6.07) is 7.57. The highest BCUT2D eigenvalue weighted by Gasteiger charge is 2.32. The van der Waals surface area contributed by atoms with Crippen LogP contribution < -0.4 is 9.47 Å². The van der Waals surface area contributed by atoms with Crippen molar-refractivity contribution in [2.75, 3.05) is 19.8 Å². The second-order valence-electron chi connectivity index (χ2n) is 6.77. The molecule has 0 saturated carbocycles. The van der Waals surface area contributed by atoms with Crippen LogP contribution in [0.1, 0.15) is 58.6 Å². The molecule has 1 saturated heterocycles. The van der Waals surface area contributed by atoms with Gasteiger partial charge in [-0.2, -0.15) is 0 Å². The number of H-pyrrole nitrogens is 1. The van der Waals surface area contributed by atoms with E-state index < -0.39 is 0 Å². The van der Waals surface area contributed by atoms with Gasteiger partial charge in [0, 0.05) is 24.7 Å². The number of Topliss-reactive ketones (excluding diaryl/α,β-unsaturated/α-hetero) is 1. The van der Waals surface area contributed by atoms with Crippen molar-refractivity contribution >= 4 is 11.7 Å². The van der Waals surface area contributed by atoms with Gasteiger partial charge in [-0.25, -0.2) is 0 Å². The summed E-state index contributed by atoms with van der Waals surface area (Å²) in [6.07, 6.45) is 4.31. The summed E-state index contributed by atoms with van der Waals surface area (Å²) in [5, 5.41) is 0. The normalized spacial score (nSPS) is 19.3. The molecule has 2 aliphatic rings. The lowest BCUT2D eigenvalue weighted by Crippen LogP contribution is -2.30. The lowest BCUT2D eigenvalue weighted by atomic mass is 10.0. The first-order chi connectivity index (χ1) is 12.6. The van der Waals surface area contributed by atoms with Crippen molar-refractivity contribution in [1.29, 1.82) is 0 Å². The molecule has 1 aromatic heterocycles. The van der Waals surface area contributed by atoms with Crippen molar-refractivity contribution < 1.29 is 19.1 Å². The van der Waals surface area contributed by atoms with Crippen LogP contribution in [-0.4, -0.2) is 41.3 Å². The number of rotatable bonds is 3. The van der Waals surface area contributed by atoms with Crippen LogP contribution >= 0.6 is 0 Å². The van der Waals surface area contributed by atoms with Crippen LogP contribution in [0.25, 0.3) is 0 Å². The van der Waals surface area contributed by atoms with E-state index in [1.807, 2.05) is 23.1 Å². The number of ether oxygens (including phenoxy) is 2. The van der Waals surface area contributed by atoms with Crippen LogP contribution in [-0.2, 0) is 0 Å². The SMILES string of the molecule is CC(=O)c1c[nH]c(C(=O)N2CCC[C@@H]2c2ccc3c(c2)OCCCO3)c1. The van der Waals surface area contributed by atoms with Gasteiger partial charge in [-0.05, 0) is 43.5 Å². The quantitative estimate of drug-likeness (QED) is 0.858. The number of aromatic amines is 1. The van der Waals surface area contributed by atoms with Crippen LogP contribution in [0.3, 0.4) is 0 Å². The summed E-state index contributed by atoms with van der Waals surface area (Å²) >= 11 is 0. The Morgan fingerprint density at radius 1 is 1.12 bits per heavy atom. The van der Waals surface area contributed by atoms with Gasteiger partial charge in [-0.3, -0.25) is 9.59 Å². The van der Waals surface area contributed by atoms with Gasteiger partial charge in [-0.15, -0.1) is 0 Å². The van der Waals surface area contributed by atoms with Gasteiger partial charge in [0.25, 0.3) is 5.91 Å². The van der Waals surface area contributed by atoms with E-state index in [9.17, 15) is 9.59 Å². The number of ketones is 1. The minimum atomic E-state index is -0.0767. The molecule has 0 unspecified atom stereocenters. The summed E-state index contributed by atoms with van der Waals surface area (Å²) in [5.74, 6) is 1.38. The molecule has 0 bridgehead atoms. The molecule has 2 aromatic rings. The van der Waals surface area contributed by atoms with Crippen LogP contribution in [0.2, 0.25) is 0 Å². The molecule has 0 aliphatic carbocycles. The molecule has 1 amide bonds. The number of hydrogen-bond donors (Lipinski definition) is 1. The zero-order valence-corrected chi connectivity index (χ0v) is 14.8. The van der Waals surface area contributed by atoms with Crippen molar-refractivity contribution in [3.63, 3.8) is 0 Å². The Kier molecular flexibility index (Phi) is 4.41. The van der Waals surface area contributed by atoms with Crippen molar-refractivity contribution in [2.24, 2.45) is 0 Å². The Bertz CT molecular complexity index is 842. The number of nitrogens with one attached hydrogen (secondary N) is 1. The van der Waals surface area contributed by atoms with Crippen molar-refractivity contribution in [3.05, 3.63) is 47.3 Å². The number of hydrogen-bond acceptors (Lipinski definition) is 4. The van der Waals surface area contributed by atoms with E-state index in [2.05, 4.69) is 4.98 Å². The van der Waals surface area contributed by atoms with E-state index in [-0.39, 0.29) is 17.7 Å². The van der Waals surface area contributed by atoms with E-state index in [4.69, 9.17) is 9.47 Å². The number of likely N-dealkylation sites (tertiary alicyclic amines) is 1. The summed E-state index contributed by atoms with van der Waals surface area (Å²) in [4.78, 5) is 29.2. The van der Waals surface area contributed by atoms with Crippen molar-refractivity contribution in [1.82, 2.24) is 9.88 Å². The van der Waals surface area contributed by atoms with Gasteiger partial charge in [0.2, 0.25) is 0 Å². The van der Waals surface area contributed by atoms with Gasteiger partial charge >= 0.3 is 0 Å². The Hall–Kier alpha value is -2.76. The van der Waals surface area contributed by atoms with Crippen LogP contribution in [0.5, 0.6) is 11.5 Å². The molecule has 3 heterocycles. The number of benzene rings is 1. The molecule has 136 valence electrons. The van der Waals surface area contributed by atoms with E-state index in [1.165, 1.54) is 6.92 Å². The molecule has 2 aliphatic heterocycles. The number of aromatic nitrogens is 1. The first-order valence-electron chi connectivity index (χ1n) is 9.03. The topological polar surface area (TPSA) is 71.6 Å². The fraction of sp³-hybridized carbons (Fsp3) is 0.400. The monoisotopic (exact) mass is 354 g/mol. The number of amides is 1. The second kappa shape index (κ2) is 6.86. The summed E-state index contributed by atoms with van der Waals surface area (Å²) < 4.78 is 11.5. The van der Waals surface area contributed by atoms with Crippen LogP contribution in [0.15, 0.2) is 30.5 Å². The Morgan fingerprint density at radius 3 is 2.69 bits per heavy atom. The molecule has 6 nitrogen and oxygen atoms in total. The van der Waals surface area contributed by atoms with E-state index in [1.54, 1.807) is 12.3 Å². The number of carbonyl (C=O) groups excluding carboxylic acids is 2. The summed E-state index contributed by atoms with van der Waals surface area (Å²) in [5.41, 5.74) is 2.04. The van der Waals surface area contributed by atoms with E-state index in [0.29, 0.717) is 31.0 Å². The summed E-state index contributed by atoms with van der Waals surface area (Å²) in [6.45, 7) is 3.49. The first-order valence-corrected chi connectivity index (χ1v) is 9.03. The molecule has 26 heavy (non-hydrogen) atoms. The lowest BCUT2D eigenvalue weighted by molar-refractivity contribution is 0.0730. The van der Waals surface area contributed by atoms with Gasteiger partial charge < -0.3 is 19.4 Å². The zero-order valence-electron chi connectivity index (χ0n) is 14.8. The Morgan fingerprint density at radius 2 is 1.92 bits per heavy atom. The predicted octanol–water partition coefficient (Wildman–Crippen LogP) is 3.36. The average Bonchev–Trinajstić information content (AvgIpc) is 3.26. The first kappa shape index (κ1) is 16.7. The highest BCUT2D eigenvalue weighted by Crippen LogP contribution is 2.38. The third kappa shape index (κ3) is 3.07. The third-order valence-electron chi connectivity index (χ3n) is 4.99. The highest BCUT2D eigenvalue weighted by molar-refractivity contribution is 5.99. The fourth-order valence-electron chi connectivity index (χ4n) is 3.62. The minimum absolute atomic E-state index is 0.00345. The van der Waals surface area contributed by atoms with E-state index in [0.717, 1.165) is 36.3 Å². The van der Waals surface area contributed by atoms with Gasteiger partial charge in [0.15, 0.2) is 17.3 Å². The standard InChI is InChI=1S/C20H22N2O4/c1-13(23)15-10-16(21-12-15)20(24)22-7-2-4-17(22)14-5-6-18-19(11-14)26-9-3-8-25-18/h5-6,10-12,17,21H,2-4,7-9H2,1H3/t17-/m1/s1. The number of fused-ring (bicyclic) bond motifs is 1. The highest BCUT2D eigenvalue weighted by atomic mass is 16.5. The van der Waals surface area contributed by atoms with Crippen LogP contribution in [0, 0.1) is 0 Å². The van der Waals surface area contributed by atoms with Crippen molar-refractivity contribution in [3.8, 4) is 11.5 Å². The maximum absolute atomic E-state index is 12.9. The predicted molar refractivity (Wildman–Crippen MR) is 95.9 cm³/mol. The largest absolute Gasteiger partial charge is 0.490 e. The molecule has 0 spiro atoms. The number of carbonyl (C=O) groups is 2. The number of nitrogens with zero attached hydrogens (tertiary/aromatic N) is 1. The van der Waals surface area contributed by atoms with Gasteiger partial charge in [0.05, 0.1) is 19.3 Å². The maximum Gasteiger partial charge on any atom is 0.270 e. The Balaban J connectivity index is 1.59.